The van der Waals surface area contributed by atoms with Gasteiger partial charge in [-0.05, 0) is 50.5 Å². The molecule has 1 aliphatic carbocycles. The summed E-state index contributed by atoms with van der Waals surface area (Å²) in [5.41, 5.74) is 0.475. The summed E-state index contributed by atoms with van der Waals surface area (Å²) < 4.78 is 13.1. The van der Waals surface area contributed by atoms with Crippen molar-refractivity contribution in [1.29, 1.82) is 0 Å². The van der Waals surface area contributed by atoms with Crippen molar-refractivity contribution in [2.24, 2.45) is 0 Å². The van der Waals surface area contributed by atoms with Gasteiger partial charge >= 0.3 is 0 Å². The van der Waals surface area contributed by atoms with Gasteiger partial charge < -0.3 is 23.9 Å². The lowest BCUT2D eigenvalue weighted by molar-refractivity contribution is -0.133. The molecule has 1 saturated heterocycles. The molecule has 36 heavy (non-hydrogen) atoms. The van der Waals surface area contributed by atoms with Crippen LogP contribution in [0.3, 0.4) is 0 Å². The van der Waals surface area contributed by atoms with Gasteiger partial charge in [-0.2, -0.15) is 0 Å². The summed E-state index contributed by atoms with van der Waals surface area (Å²) >= 11 is 0. The highest BCUT2D eigenvalue weighted by molar-refractivity contribution is 6.00. The van der Waals surface area contributed by atoms with Gasteiger partial charge in [-0.1, -0.05) is 32.1 Å². The topological polar surface area (TPSA) is 80.0 Å². The van der Waals surface area contributed by atoms with Crippen molar-refractivity contribution in [3.05, 3.63) is 36.2 Å². The van der Waals surface area contributed by atoms with E-state index >= 15 is 0 Å². The summed E-state index contributed by atoms with van der Waals surface area (Å²) in [5, 5.41) is 3.37. The third-order valence-corrected chi connectivity index (χ3v) is 8.17. The number of morpholine rings is 1. The lowest BCUT2D eigenvalue weighted by Gasteiger charge is -2.45. The van der Waals surface area contributed by atoms with Crippen LogP contribution in [-0.2, 0) is 16.1 Å². The van der Waals surface area contributed by atoms with E-state index in [-0.39, 0.29) is 17.9 Å². The predicted octanol–water partition coefficient (Wildman–Crippen LogP) is 3.91. The van der Waals surface area contributed by atoms with E-state index in [0.717, 1.165) is 70.6 Å². The number of nitrogens with zero attached hydrogens (tertiary/aromatic N) is 3. The number of furan rings is 1. The Morgan fingerprint density at radius 2 is 1.75 bits per heavy atom. The zero-order valence-corrected chi connectivity index (χ0v) is 21.5. The van der Waals surface area contributed by atoms with Crippen molar-refractivity contribution in [3.63, 3.8) is 0 Å². The van der Waals surface area contributed by atoms with Crippen LogP contribution in [0.4, 0.5) is 0 Å². The monoisotopic (exact) mass is 496 g/mol. The van der Waals surface area contributed by atoms with E-state index in [1.165, 1.54) is 19.3 Å². The van der Waals surface area contributed by atoms with Gasteiger partial charge in [0.1, 0.15) is 17.0 Å². The van der Waals surface area contributed by atoms with Crippen molar-refractivity contribution >= 4 is 11.8 Å². The van der Waals surface area contributed by atoms with E-state index in [0.29, 0.717) is 24.5 Å². The number of amides is 2. The van der Waals surface area contributed by atoms with Crippen LogP contribution in [0.25, 0.3) is 11.5 Å². The molecular formula is C28H40N4O4. The van der Waals surface area contributed by atoms with E-state index in [1.807, 2.05) is 40.7 Å². The fourth-order valence-electron chi connectivity index (χ4n) is 5.98. The molecule has 196 valence electrons. The SMILES string of the molecule is C[C@@]1(C(=O)NC2CCCCCCC2)Cn2c(ccc2-c2ccco2)C(=O)N1CCCN1CCOCC1. The van der Waals surface area contributed by atoms with Crippen LogP contribution in [0, 0.1) is 0 Å². The van der Waals surface area contributed by atoms with Crippen LogP contribution in [0.1, 0.15) is 68.8 Å². The largest absolute Gasteiger partial charge is 0.463 e. The van der Waals surface area contributed by atoms with Gasteiger partial charge in [-0.25, -0.2) is 0 Å². The van der Waals surface area contributed by atoms with Crippen LogP contribution in [0.2, 0.25) is 0 Å². The molecule has 0 unspecified atom stereocenters. The highest BCUT2D eigenvalue weighted by Crippen LogP contribution is 2.34. The Labute approximate surface area is 213 Å². The van der Waals surface area contributed by atoms with Crippen LogP contribution < -0.4 is 5.32 Å². The number of aromatic nitrogens is 1. The average molecular weight is 497 g/mol. The lowest BCUT2D eigenvalue weighted by atomic mass is 9.92. The molecule has 1 atom stereocenters. The number of fused-ring (bicyclic) bond motifs is 1. The second-order valence-electron chi connectivity index (χ2n) is 10.7. The van der Waals surface area contributed by atoms with Gasteiger partial charge in [-0.3, -0.25) is 14.5 Å². The first-order chi connectivity index (χ1) is 17.6. The maximum absolute atomic E-state index is 14.0. The van der Waals surface area contributed by atoms with Gasteiger partial charge in [0.05, 0.1) is 31.7 Å². The molecule has 0 aromatic carbocycles. The Balaban J connectivity index is 1.38. The van der Waals surface area contributed by atoms with E-state index in [1.54, 1.807) is 6.26 Å². The van der Waals surface area contributed by atoms with Crippen molar-refractivity contribution in [1.82, 2.24) is 19.7 Å². The summed E-state index contributed by atoms with van der Waals surface area (Å²) in [4.78, 5) is 32.0. The molecule has 8 heteroatoms. The molecule has 0 bridgehead atoms. The fraction of sp³-hybridized carbons (Fsp3) is 0.643. The van der Waals surface area contributed by atoms with E-state index < -0.39 is 5.54 Å². The quantitative estimate of drug-likeness (QED) is 0.629. The fourth-order valence-corrected chi connectivity index (χ4v) is 5.98. The molecule has 4 heterocycles. The normalized spacial score (nSPS) is 24.2. The van der Waals surface area contributed by atoms with E-state index in [9.17, 15) is 9.59 Å². The Morgan fingerprint density at radius 1 is 1.03 bits per heavy atom. The predicted molar refractivity (Wildman–Crippen MR) is 138 cm³/mol. The van der Waals surface area contributed by atoms with E-state index in [4.69, 9.17) is 9.15 Å². The molecule has 0 radical (unpaired) electrons. The van der Waals surface area contributed by atoms with E-state index in [2.05, 4.69) is 10.2 Å². The van der Waals surface area contributed by atoms with Crippen LogP contribution in [0.15, 0.2) is 34.9 Å². The van der Waals surface area contributed by atoms with Crippen LogP contribution >= 0.6 is 0 Å². The number of nitrogens with one attached hydrogen (secondary N) is 1. The molecule has 2 aliphatic heterocycles. The zero-order valence-electron chi connectivity index (χ0n) is 21.5. The van der Waals surface area contributed by atoms with Gasteiger partial charge in [0.25, 0.3) is 5.91 Å². The summed E-state index contributed by atoms with van der Waals surface area (Å²) in [5.74, 6) is 0.575. The Morgan fingerprint density at radius 3 is 2.47 bits per heavy atom. The summed E-state index contributed by atoms with van der Waals surface area (Å²) in [6.45, 7) is 7.14. The van der Waals surface area contributed by atoms with Crippen molar-refractivity contribution < 1.29 is 18.7 Å². The third kappa shape index (κ3) is 5.25. The minimum absolute atomic E-state index is 0.0439. The number of rotatable bonds is 7. The maximum atomic E-state index is 14.0. The number of ether oxygens (including phenoxy) is 1. The molecule has 5 rings (SSSR count). The first-order valence-electron chi connectivity index (χ1n) is 13.7. The second-order valence-corrected chi connectivity index (χ2v) is 10.7. The van der Waals surface area contributed by atoms with Crippen LogP contribution in [-0.4, -0.2) is 77.2 Å². The molecule has 1 N–H and O–H groups in total. The lowest BCUT2D eigenvalue weighted by Crippen LogP contribution is -2.65. The third-order valence-electron chi connectivity index (χ3n) is 8.17. The van der Waals surface area contributed by atoms with Crippen LogP contribution in [0.5, 0.6) is 0 Å². The molecule has 0 spiro atoms. The first-order valence-corrected chi connectivity index (χ1v) is 13.7. The Kier molecular flexibility index (Phi) is 7.82. The molecular weight excluding hydrogens is 456 g/mol. The number of hydrogen-bond donors (Lipinski definition) is 1. The molecule has 8 nitrogen and oxygen atoms in total. The summed E-state index contributed by atoms with van der Waals surface area (Å²) in [6, 6.07) is 7.71. The van der Waals surface area contributed by atoms with Gasteiger partial charge in [0.2, 0.25) is 5.91 Å². The molecule has 2 aromatic heterocycles. The highest BCUT2D eigenvalue weighted by Gasteiger charge is 2.48. The number of hydrogen-bond acceptors (Lipinski definition) is 5. The Hall–Kier alpha value is -2.58. The first kappa shape index (κ1) is 25.1. The summed E-state index contributed by atoms with van der Waals surface area (Å²) in [7, 11) is 0. The average Bonchev–Trinajstić information content (AvgIpc) is 3.53. The standard InChI is InChI=1S/C28H40N4O4/c1-28(27(34)29-22-9-5-3-2-4-6-10-22)21-31-23(25-11-7-18-36-25)12-13-24(31)26(33)32(28)15-8-14-30-16-19-35-20-17-30/h7,11-13,18,22H,2-6,8-10,14-17,19-21H2,1H3,(H,29,34)/t28-/m0/s1. The van der Waals surface area contributed by atoms with Crippen molar-refractivity contribution in [2.75, 3.05) is 39.4 Å². The molecule has 1 saturated carbocycles. The molecule has 2 fully saturated rings. The van der Waals surface area contributed by atoms with Crippen molar-refractivity contribution in [2.45, 2.75) is 76.4 Å². The summed E-state index contributed by atoms with van der Waals surface area (Å²) in [6.07, 6.45) is 10.5. The molecule has 2 amide bonds. The zero-order chi connectivity index (χ0) is 25.0. The maximum Gasteiger partial charge on any atom is 0.271 e. The smallest absolute Gasteiger partial charge is 0.271 e. The molecule has 3 aliphatic rings. The highest BCUT2D eigenvalue weighted by atomic mass is 16.5. The van der Waals surface area contributed by atoms with Crippen molar-refractivity contribution in [3.8, 4) is 11.5 Å². The number of carbonyl (C=O) groups excluding carboxylic acids is 2. The van der Waals surface area contributed by atoms with Gasteiger partial charge in [0.15, 0.2) is 0 Å². The second kappa shape index (κ2) is 11.2. The minimum atomic E-state index is -0.974. The Bertz CT molecular complexity index is 1020. The van der Waals surface area contributed by atoms with Gasteiger partial charge in [-0.15, -0.1) is 0 Å². The number of carbonyl (C=O) groups is 2. The minimum Gasteiger partial charge on any atom is -0.463 e. The molecule has 2 aromatic rings. The van der Waals surface area contributed by atoms with Gasteiger partial charge in [0, 0.05) is 32.2 Å².